The van der Waals surface area contributed by atoms with E-state index >= 15 is 0 Å². The molecule has 5 nitrogen and oxygen atoms in total. The summed E-state index contributed by atoms with van der Waals surface area (Å²) in [4.78, 5) is 16.7. The quantitative estimate of drug-likeness (QED) is 0.711. The van der Waals surface area contributed by atoms with Gasteiger partial charge in [-0.15, -0.1) is 0 Å². The number of pyridine rings is 1. The number of nitrogens with one attached hydrogen (secondary N) is 3. The molecule has 3 atom stereocenters. The Hall–Kier alpha value is -2.24. The van der Waals surface area contributed by atoms with Crippen LogP contribution in [0.1, 0.15) is 30.6 Å². The predicted molar refractivity (Wildman–Crippen MR) is 94.0 cm³/mol. The molecule has 0 bridgehead atoms. The van der Waals surface area contributed by atoms with Gasteiger partial charge in [-0.1, -0.05) is 43.3 Å². The van der Waals surface area contributed by atoms with Gasteiger partial charge in [0, 0.05) is 24.4 Å². The second-order valence-electron chi connectivity index (χ2n) is 6.23. The molecule has 1 aromatic carbocycles. The van der Waals surface area contributed by atoms with Crippen LogP contribution in [0.2, 0.25) is 0 Å². The van der Waals surface area contributed by atoms with Crippen LogP contribution in [-0.4, -0.2) is 23.5 Å². The van der Waals surface area contributed by atoms with Gasteiger partial charge < -0.3 is 5.32 Å². The molecule has 0 spiro atoms. The fourth-order valence-electron chi connectivity index (χ4n) is 3.12. The monoisotopic (exact) mass is 324 g/mol. The van der Waals surface area contributed by atoms with E-state index in [9.17, 15) is 4.79 Å². The number of hydrogen-bond acceptors (Lipinski definition) is 4. The highest BCUT2D eigenvalue weighted by Crippen LogP contribution is 2.28. The molecule has 1 aliphatic heterocycles. The molecule has 1 fully saturated rings. The summed E-state index contributed by atoms with van der Waals surface area (Å²) < 4.78 is 0. The number of carbonyl (C=O) groups is 1. The molecule has 0 radical (unpaired) electrons. The highest BCUT2D eigenvalue weighted by atomic mass is 16.2. The van der Waals surface area contributed by atoms with Crippen LogP contribution in [0.3, 0.4) is 0 Å². The summed E-state index contributed by atoms with van der Waals surface area (Å²) in [5, 5.41) is 3.03. The molecule has 2 aromatic rings. The van der Waals surface area contributed by atoms with Gasteiger partial charge in [0.15, 0.2) is 0 Å². The zero-order valence-corrected chi connectivity index (χ0v) is 13.9. The number of nitrogens with zero attached hydrogens (tertiary/aromatic N) is 1. The van der Waals surface area contributed by atoms with Gasteiger partial charge in [-0.25, -0.2) is 10.9 Å². The minimum absolute atomic E-state index is 0.0504. The smallest absolute Gasteiger partial charge is 0.238 e. The van der Waals surface area contributed by atoms with Gasteiger partial charge in [-0.05, 0) is 30.5 Å². The first kappa shape index (κ1) is 16.6. The number of aryl methyl sites for hydroxylation is 1. The molecule has 3 N–H and O–H groups in total. The molecule has 0 aliphatic carbocycles. The normalized spacial score (nSPS) is 23.1. The van der Waals surface area contributed by atoms with E-state index in [1.54, 1.807) is 6.20 Å². The van der Waals surface area contributed by atoms with E-state index < -0.39 is 0 Å². The topological polar surface area (TPSA) is 66.0 Å². The van der Waals surface area contributed by atoms with Crippen LogP contribution in [0, 0.1) is 5.92 Å². The molecule has 1 saturated heterocycles. The van der Waals surface area contributed by atoms with Crippen LogP contribution in [0.15, 0.2) is 54.7 Å². The molecular weight excluding hydrogens is 300 g/mol. The van der Waals surface area contributed by atoms with Crippen LogP contribution < -0.4 is 16.2 Å². The number of benzene rings is 1. The van der Waals surface area contributed by atoms with Crippen LogP contribution in [0.5, 0.6) is 0 Å². The first-order chi connectivity index (χ1) is 11.8. The Morgan fingerprint density at radius 3 is 2.67 bits per heavy atom. The van der Waals surface area contributed by atoms with Crippen molar-refractivity contribution in [1.29, 1.82) is 0 Å². The van der Waals surface area contributed by atoms with Gasteiger partial charge >= 0.3 is 0 Å². The first-order valence-corrected chi connectivity index (χ1v) is 8.49. The van der Waals surface area contributed by atoms with Crippen molar-refractivity contribution >= 4 is 5.91 Å². The lowest BCUT2D eigenvalue weighted by molar-refractivity contribution is -0.123. The number of amides is 1. The summed E-state index contributed by atoms with van der Waals surface area (Å²) in [6.07, 6.45) is 3.56. The van der Waals surface area contributed by atoms with Crippen LogP contribution in [0.25, 0.3) is 0 Å². The Labute approximate surface area is 142 Å². The molecule has 5 heteroatoms. The van der Waals surface area contributed by atoms with Crippen LogP contribution in [-0.2, 0) is 11.2 Å². The maximum Gasteiger partial charge on any atom is 0.238 e. The molecule has 24 heavy (non-hydrogen) atoms. The highest BCUT2D eigenvalue weighted by Gasteiger charge is 2.37. The Morgan fingerprint density at radius 1 is 1.12 bits per heavy atom. The Bertz CT molecular complexity index is 647. The summed E-state index contributed by atoms with van der Waals surface area (Å²) in [7, 11) is 0. The number of carbonyl (C=O) groups excluding carboxylic acids is 1. The fraction of sp³-hybridized carbons (Fsp3) is 0.368. The molecule has 1 amide bonds. The van der Waals surface area contributed by atoms with E-state index in [4.69, 9.17) is 0 Å². The highest BCUT2D eigenvalue weighted by molar-refractivity contribution is 5.82. The maximum absolute atomic E-state index is 12.4. The summed E-state index contributed by atoms with van der Waals surface area (Å²) in [6, 6.07) is 16.1. The number of aromatic nitrogens is 1. The van der Waals surface area contributed by atoms with Crippen molar-refractivity contribution in [3.8, 4) is 0 Å². The minimum atomic E-state index is -0.218. The third-order valence-electron chi connectivity index (χ3n) is 4.52. The van der Waals surface area contributed by atoms with Crippen molar-refractivity contribution in [2.75, 3.05) is 6.54 Å². The van der Waals surface area contributed by atoms with Crippen molar-refractivity contribution < 1.29 is 4.79 Å². The molecule has 2 heterocycles. The maximum atomic E-state index is 12.4. The van der Waals surface area contributed by atoms with Gasteiger partial charge in [0.25, 0.3) is 0 Å². The standard InChI is InChI=1S/C19H24N4O/c1-14-17(15-8-3-2-4-9-15)22-23-18(14)19(24)21-13-7-11-16-10-5-6-12-20-16/h2-6,8-10,12,14,17-18,22-23H,7,11,13H2,1H3,(H,21,24). The molecule has 0 saturated carbocycles. The summed E-state index contributed by atoms with van der Waals surface area (Å²) >= 11 is 0. The zero-order chi connectivity index (χ0) is 16.8. The summed E-state index contributed by atoms with van der Waals surface area (Å²) in [5.74, 6) is 0.234. The summed E-state index contributed by atoms with van der Waals surface area (Å²) in [6.45, 7) is 2.76. The number of hydrazine groups is 1. The minimum Gasteiger partial charge on any atom is -0.355 e. The Morgan fingerprint density at radius 2 is 1.92 bits per heavy atom. The SMILES string of the molecule is CC1C(C(=O)NCCCc2ccccn2)NNC1c1ccccc1. The summed E-state index contributed by atoms with van der Waals surface area (Å²) in [5.41, 5.74) is 8.65. The van der Waals surface area contributed by atoms with Crippen molar-refractivity contribution in [3.05, 3.63) is 66.0 Å². The molecular formula is C19H24N4O. The number of hydrogen-bond donors (Lipinski definition) is 3. The third-order valence-corrected chi connectivity index (χ3v) is 4.52. The van der Waals surface area contributed by atoms with Gasteiger partial charge in [-0.3, -0.25) is 9.78 Å². The molecule has 1 aliphatic rings. The van der Waals surface area contributed by atoms with E-state index in [1.807, 2.05) is 36.4 Å². The molecule has 1 aromatic heterocycles. The lowest BCUT2D eigenvalue weighted by atomic mass is 9.91. The first-order valence-electron chi connectivity index (χ1n) is 8.49. The Balaban J connectivity index is 1.46. The van der Waals surface area contributed by atoms with E-state index in [-0.39, 0.29) is 23.9 Å². The van der Waals surface area contributed by atoms with Gasteiger partial charge in [0.2, 0.25) is 5.91 Å². The lowest BCUT2D eigenvalue weighted by Gasteiger charge is -2.18. The molecule has 126 valence electrons. The third kappa shape index (κ3) is 3.99. The average molecular weight is 324 g/mol. The lowest BCUT2D eigenvalue weighted by Crippen LogP contribution is -2.45. The number of rotatable bonds is 6. The molecule has 3 rings (SSSR count). The van der Waals surface area contributed by atoms with Gasteiger partial charge in [0.1, 0.15) is 6.04 Å². The average Bonchev–Trinajstić information content (AvgIpc) is 3.02. The second kappa shape index (κ2) is 8.04. The second-order valence-corrected chi connectivity index (χ2v) is 6.23. The van der Waals surface area contributed by atoms with E-state index in [2.05, 4.69) is 40.2 Å². The van der Waals surface area contributed by atoms with E-state index in [1.165, 1.54) is 5.56 Å². The zero-order valence-electron chi connectivity index (χ0n) is 13.9. The fourth-order valence-corrected chi connectivity index (χ4v) is 3.12. The largest absolute Gasteiger partial charge is 0.355 e. The predicted octanol–water partition coefficient (Wildman–Crippen LogP) is 1.98. The Kier molecular flexibility index (Phi) is 5.56. The van der Waals surface area contributed by atoms with Crippen molar-refractivity contribution in [2.45, 2.75) is 31.8 Å². The van der Waals surface area contributed by atoms with E-state index in [0.29, 0.717) is 6.54 Å². The van der Waals surface area contributed by atoms with Crippen molar-refractivity contribution in [2.24, 2.45) is 5.92 Å². The van der Waals surface area contributed by atoms with Crippen molar-refractivity contribution in [1.82, 2.24) is 21.2 Å². The van der Waals surface area contributed by atoms with Gasteiger partial charge in [0.05, 0.1) is 6.04 Å². The van der Waals surface area contributed by atoms with Gasteiger partial charge in [-0.2, -0.15) is 0 Å². The van der Waals surface area contributed by atoms with E-state index in [0.717, 1.165) is 18.5 Å². The van der Waals surface area contributed by atoms with Crippen molar-refractivity contribution in [3.63, 3.8) is 0 Å². The van der Waals surface area contributed by atoms with Crippen LogP contribution >= 0.6 is 0 Å². The molecule has 3 unspecified atom stereocenters. The van der Waals surface area contributed by atoms with Crippen LogP contribution in [0.4, 0.5) is 0 Å².